The summed E-state index contributed by atoms with van der Waals surface area (Å²) in [6.07, 6.45) is 0.491. The van der Waals surface area contributed by atoms with Crippen LogP contribution in [-0.2, 0) is 4.74 Å². The van der Waals surface area contributed by atoms with Gasteiger partial charge in [-0.05, 0) is 13.5 Å². The summed E-state index contributed by atoms with van der Waals surface area (Å²) in [5, 5.41) is 2.60. The van der Waals surface area contributed by atoms with E-state index in [0.717, 1.165) is 0 Å². The van der Waals surface area contributed by atoms with Crippen molar-refractivity contribution in [3.05, 3.63) is 34.6 Å². The Bertz CT molecular complexity index is 458. The van der Waals surface area contributed by atoms with Crippen molar-refractivity contribution in [3.8, 4) is 0 Å². The predicted octanol–water partition coefficient (Wildman–Crippen LogP) is 2.68. The van der Waals surface area contributed by atoms with Crippen LogP contribution in [0.3, 0.4) is 0 Å². The molecule has 2 rings (SSSR count). The molecule has 0 aromatic heterocycles. The van der Waals surface area contributed by atoms with E-state index in [-0.39, 0.29) is 12.5 Å². The van der Waals surface area contributed by atoms with Gasteiger partial charge in [0, 0.05) is 24.1 Å². The van der Waals surface area contributed by atoms with E-state index in [9.17, 15) is 22.0 Å². The summed E-state index contributed by atoms with van der Waals surface area (Å²) in [6, 6.07) is -0.980. The van der Waals surface area contributed by atoms with Gasteiger partial charge >= 0.3 is 0 Å². The molecule has 1 aromatic carbocycles. The molecule has 1 saturated heterocycles. The zero-order chi connectivity index (χ0) is 14.2. The summed E-state index contributed by atoms with van der Waals surface area (Å²) in [5.41, 5.74) is -0.825. The molecular formula is C12H12F5NO. The minimum atomic E-state index is -2.14. The summed E-state index contributed by atoms with van der Waals surface area (Å²) in [5.74, 6) is -9.90. The number of nitrogens with one attached hydrogen (secondary N) is 1. The van der Waals surface area contributed by atoms with Crippen LogP contribution in [0, 0.1) is 35.0 Å². The fourth-order valence-electron chi connectivity index (χ4n) is 2.33. The number of halogens is 5. The smallest absolute Gasteiger partial charge is 0.200 e. The highest BCUT2D eigenvalue weighted by Gasteiger charge is 2.35. The molecule has 2 unspecified atom stereocenters. The van der Waals surface area contributed by atoms with Crippen LogP contribution in [0.2, 0.25) is 0 Å². The van der Waals surface area contributed by atoms with E-state index >= 15 is 0 Å². The van der Waals surface area contributed by atoms with Crippen molar-refractivity contribution >= 4 is 0 Å². The number of ether oxygens (including phenoxy) is 1. The summed E-state index contributed by atoms with van der Waals surface area (Å²) in [6.45, 7) is 0.614. The summed E-state index contributed by atoms with van der Waals surface area (Å²) < 4.78 is 71.8. The maximum atomic E-state index is 13.7. The van der Waals surface area contributed by atoms with Gasteiger partial charge in [0.15, 0.2) is 23.3 Å². The van der Waals surface area contributed by atoms with Gasteiger partial charge in [-0.15, -0.1) is 0 Å². The van der Waals surface area contributed by atoms with Crippen molar-refractivity contribution in [2.24, 2.45) is 5.92 Å². The van der Waals surface area contributed by atoms with E-state index in [1.165, 1.54) is 7.05 Å². The number of hydrogen-bond acceptors (Lipinski definition) is 2. The first-order valence-electron chi connectivity index (χ1n) is 5.75. The van der Waals surface area contributed by atoms with E-state index in [2.05, 4.69) is 5.32 Å². The van der Waals surface area contributed by atoms with Crippen LogP contribution in [0.1, 0.15) is 18.0 Å². The van der Waals surface area contributed by atoms with Crippen LogP contribution in [-0.4, -0.2) is 20.3 Å². The third-order valence-electron chi connectivity index (χ3n) is 3.30. The first-order chi connectivity index (χ1) is 8.99. The Kier molecular flexibility index (Phi) is 4.05. The molecule has 2 nitrogen and oxygen atoms in total. The molecule has 1 N–H and O–H groups in total. The van der Waals surface area contributed by atoms with Gasteiger partial charge in [-0.1, -0.05) is 0 Å². The quantitative estimate of drug-likeness (QED) is 0.522. The molecule has 1 heterocycles. The van der Waals surface area contributed by atoms with E-state index in [4.69, 9.17) is 4.74 Å². The molecule has 1 aromatic rings. The van der Waals surface area contributed by atoms with Crippen LogP contribution >= 0.6 is 0 Å². The van der Waals surface area contributed by atoms with Crippen molar-refractivity contribution in [1.82, 2.24) is 5.32 Å². The lowest BCUT2D eigenvalue weighted by molar-refractivity contribution is 0.176. The third-order valence-corrected chi connectivity index (χ3v) is 3.30. The Balaban J connectivity index is 2.53. The van der Waals surface area contributed by atoms with Crippen molar-refractivity contribution in [2.45, 2.75) is 12.5 Å². The molecule has 7 heteroatoms. The minimum Gasteiger partial charge on any atom is -0.381 e. The molecule has 2 atom stereocenters. The molecule has 0 bridgehead atoms. The lowest BCUT2D eigenvalue weighted by Crippen LogP contribution is -2.28. The monoisotopic (exact) mass is 281 g/mol. The van der Waals surface area contributed by atoms with Crippen LogP contribution in [0.4, 0.5) is 22.0 Å². The fraction of sp³-hybridized carbons (Fsp3) is 0.500. The minimum absolute atomic E-state index is 0.213. The molecule has 19 heavy (non-hydrogen) atoms. The Labute approximate surface area is 106 Å². The van der Waals surface area contributed by atoms with Crippen LogP contribution in [0.15, 0.2) is 0 Å². The third kappa shape index (κ3) is 2.32. The summed E-state index contributed by atoms with van der Waals surface area (Å²) in [4.78, 5) is 0. The van der Waals surface area contributed by atoms with E-state index in [1.54, 1.807) is 0 Å². The lowest BCUT2D eigenvalue weighted by Gasteiger charge is -2.23. The Morgan fingerprint density at radius 3 is 1.95 bits per heavy atom. The summed E-state index contributed by atoms with van der Waals surface area (Å²) in [7, 11) is 1.40. The zero-order valence-electron chi connectivity index (χ0n) is 10.1. The standard InChI is InChI=1S/C12H12F5NO/c1-18-12(5-2-3-19-4-5)6-7(13)9(15)11(17)10(16)8(6)14/h5,12,18H,2-4H2,1H3. The van der Waals surface area contributed by atoms with E-state index in [0.29, 0.717) is 13.0 Å². The largest absolute Gasteiger partial charge is 0.381 e. The fourth-order valence-corrected chi connectivity index (χ4v) is 2.33. The van der Waals surface area contributed by atoms with Gasteiger partial charge in [-0.2, -0.15) is 0 Å². The molecule has 0 saturated carbocycles. The summed E-state index contributed by atoms with van der Waals surface area (Å²) >= 11 is 0. The lowest BCUT2D eigenvalue weighted by atomic mass is 9.91. The molecule has 1 fully saturated rings. The predicted molar refractivity (Wildman–Crippen MR) is 57.0 cm³/mol. The maximum absolute atomic E-state index is 13.7. The topological polar surface area (TPSA) is 21.3 Å². The van der Waals surface area contributed by atoms with E-state index in [1.807, 2.05) is 0 Å². The highest BCUT2D eigenvalue weighted by Crippen LogP contribution is 2.34. The average molecular weight is 281 g/mol. The second-order valence-electron chi connectivity index (χ2n) is 4.37. The van der Waals surface area contributed by atoms with Crippen molar-refractivity contribution in [2.75, 3.05) is 20.3 Å². The van der Waals surface area contributed by atoms with Gasteiger partial charge in [0.1, 0.15) is 0 Å². The number of benzene rings is 1. The number of rotatable bonds is 3. The Hall–Kier alpha value is -1.21. The SMILES string of the molecule is CNC(c1c(F)c(F)c(F)c(F)c1F)C1CCOC1. The van der Waals surface area contributed by atoms with Crippen molar-refractivity contribution in [1.29, 1.82) is 0 Å². The Morgan fingerprint density at radius 1 is 1.00 bits per heavy atom. The molecule has 1 aliphatic rings. The normalized spacial score (nSPS) is 20.8. The van der Waals surface area contributed by atoms with Gasteiger partial charge in [0.25, 0.3) is 0 Å². The van der Waals surface area contributed by atoms with Crippen LogP contribution in [0.25, 0.3) is 0 Å². The zero-order valence-corrected chi connectivity index (χ0v) is 10.1. The van der Waals surface area contributed by atoms with Gasteiger partial charge < -0.3 is 10.1 Å². The number of hydrogen-bond donors (Lipinski definition) is 1. The first kappa shape index (κ1) is 14.2. The molecule has 0 aliphatic carbocycles. The highest BCUT2D eigenvalue weighted by atomic mass is 19.2. The maximum Gasteiger partial charge on any atom is 0.200 e. The van der Waals surface area contributed by atoms with Crippen molar-refractivity contribution in [3.63, 3.8) is 0 Å². The average Bonchev–Trinajstić information content (AvgIpc) is 2.93. The van der Waals surface area contributed by atoms with Gasteiger partial charge in [0.05, 0.1) is 6.61 Å². The molecule has 106 valence electrons. The second kappa shape index (κ2) is 5.42. The molecular weight excluding hydrogens is 269 g/mol. The second-order valence-corrected chi connectivity index (χ2v) is 4.37. The van der Waals surface area contributed by atoms with Crippen LogP contribution < -0.4 is 5.32 Å². The molecule has 1 aliphatic heterocycles. The van der Waals surface area contributed by atoms with Gasteiger partial charge in [-0.25, -0.2) is 22.0 Å². The molecule has 0 amide bonds. The molecule has 0 spiro atoms. The van der Waals surface area contributed by atoms with E-state index < -0.39 is 40.7 Å². The molecule has 0 radical (unpaired) electrons. The van der Waals surface area contributed by atoms with Crippen LogP contribution in [0.5, 0.6) is 0 Å². The first-order valence-corrected chi connectivity index (χ1v) is 5.75. The highest BCUT2D eigenvalue weighted by molar-refractivity contribution is 5.27. The van der Waals surface area contributed by atoms with Crippen molar-refractivity contribution < 1.29 is 26.7 Å². The Morgan fingerprint density at radius 2 is 1.53 bits per heavy atom. The van der Waals surface area contributed by atoms with Gasteiger partial charge in [-0.3, -0.25) is 0 Å². The van der Waals surface area contributed by atoms with Gasteiger partial charge in [0.2, 0.25) is 5.82 Å².